The first kappa shape index (κ1) is 18.2. The van der Waals surface area contributed by atoms with Crippen LogP contribution in [0.5, 0.6) is 11.5 Å². The fraction of sp³-hybridized carbons (Fsp3) is 0.526. The predicted octanol–water partition coefficient (Wildman–Crippen LogP) is 2.39. The Hall–Kier alpha value is -2.57. The molecule has 1 aliphatic carbocycles. The zero-order chi connectivity index (χ0) is 18.9. The van der Waals surface area contributed by atoms with E-state index in [2.05, 4.69) is 12.2 Å². The highest BCUT2D eigenvalue weighted by Gasteiger charge is 2.52. The van der Waals surface area contributed by atoms with E-state index in [4.69, 9.17) is 9.47 Å². The van der Waals surface area contributed by atoms with Gasteiger partial charge in [-0.2, -0.15) is 0 Å². The number of ketones is 1. The van der Waals surface area contributed by atoms with Crippen molar-refractivity contribution < 1.29 is 23.9 Å². The van der Waals surface area contributed by atoms with E-state index in [1.807, 2.05) is 0 Å². The molecule has 1 aliphatic heterocycles. The highest BCUT2D eigenvalue weighted by molar-refractivity contribution is 6.11. The summed E-state index contributed by atoms with van der Waals surface area (Å²) < 4.78 is 10.4. The second-order valence-corrected chi connectivity index (χ2v) is 7.08. The van der Waals surface area contributed by atoms with Gasteiger partial charge in [0.1, 0.15) is 17.0 Å². The number of ether oxygens (including phenoxy) is 2. The number of methoxy groups -OCH3 is 2. The summed E-state index contributed by atoms with van der Waals surface area (Å²) in [6.45, 7) is 1.84. The molecule has 0 unspecified atom stereocenters. The zero-order valence-electron chi connectivity index (χ0n) is 15.3. The Kier molecular flexibility index (Phi) is 4.89. The number of urea groups is 1. The van der Waals surface area contributed by atoms with Gasteiger partial charge in [-0.25, -0.2) is 4.79 Å². The maximum absolute atomic E-state index is 12.9. The van der Waals surface area contributed by atoms with Crippen molar-refractivity contribution in [1.82, 2.24) is 10.2 Å². The number of carbonyl (C=O) groups excluding carboxylic acids is 3. The second kappa shape index (κ2) is 6.97. The minimum absolute atomic E-state index is 0.296. The van der Waals surface area contributed by atoms with E-state index in [0.717, 1.165) is 17.7 Å². The fourth-order valence-corrected chi connectivity index (χ4v) is 3.67. The van der Waals surface area contributed by atoms with Crippen molar-refractivity contribution in [2.45, 2.75) is 38.1 Å². The van der Waals surface area contributed by atoms with E-state index in [-0.39, 0.29) is 18.2 Å². The Labute approximate surface area is 152 Å². The molecule has 26 heavy (non-hydrogen) atoms. The highest BCUT2D eigenvalue weighted by atomic mass is 16.5. The van der Waals surface area contributed by atoms with Gasteiger partial charge in [0.2, 0.25) is 0 Å². The molecular formula is C19H24N2O5. The quantitative estimate of drug-likeness (QED) is 0.644. The molecule has 3 rings (SSSR count). The molecule has 1 aromatic rings. The Morgan fingerprint density at radius 2 is 1.92 bits per heavy atom. The van der Waals surface area contributed by atoms with Crippen LogP contribution in [0.4, 0.5) is 4.79 Å². The SMILES string of the molecule is COc1ccc(C(=O)CN2C(=O)NC3(CCC(C)CC3)C2=O)c(OC)c1. The lowest BCUT2D eigenvalue weighted by atomic mass is 9.77. The van der Waals surface area contributed by atoms with Gasteiger partial charge in [-0.05, 0) is 43.7 Å². The summed E-state index contributed by atoms with van der Waals surface area (Å²) in [5.41, 5.74) is -0.527. The van der Waals surface area contributed by atoms with Gasteiger partial charge < -0.3 is 14.8 Å². The van der Waals surface area contributed by atoms with Gasteiger partial charge in [0, 0.05) is 6.07 Å². The molecule has 1 N–H and O–H groups in total. The minimum Gasteiger partial charge on any atom is -0.497 e. The number of imide groups is 1. The Morgan fingerprint density at radius 1 is 1.23 bits per heavy atom. The van der Waals surface area contributed by atoms with Crippen LogP contribution in [0.15, 0.2) is 18.2 Å². The monoisotopic (exact) mass is 360 g/mol. The number of amides is 3. The summed E-state index contributed by atoms with van der Waals surface area (Å²) in [5, 5.41) is 2.83. The molecule has 3 amide bonds. The maximum atomic E-state index is 12.9. The van der Waals surface area contributed by atoms with E-state index >= 15 is 0 Å². The lowest BCUT2D eigenvalue weighted by molar-refractivity contribution is -0.132. The first-order valence-electron chi connectivity index (χ1n) is 8.79. The van der Waals surface area contributed by atoms with Crippen LogP contribution in [0, 0.1) is 5.92 Å². The second-order valence-electron chi connectivity index (χ2n) is 7.08. The minimum atomic E-state index is -0.839. The summed E-state index contributed by atoms with van der Waals surface area (Å²) in [7, 11) is 2.98. The van der Waals surface area contributed by atoms with Gasteiger partial charge in [0.15, 0.2) is 5.78 Å². The summed E-state index contributed by atoms with van der Waals surface area (Å²) in [5.74, 6) is 0.806. The van der Waals surface area contributed by atoms with Crippen LogP contribution in [0.3, 0.4) is 0 Å². The van der Waals surface area contributed by atoms with Crippen molar-refractivity contribution in [3.05, 3.63) is 23.8 Å². The first-order valence-corrected chi connectivity index (χ1v) is 8.79. The van der Waals surface area contributed by atoms with Crippen LogP contribution in [-0.2, 0) is 4.79 Å². The molecule has 1 heterocycles. The van der Waals surface area contributed by atoms with Gasteiger partial charge in [0.25, 0.3) is 5.91 Å². The largest absolute Gasteiger partial charge is 0.497 e. The Balaban J connectivity index is 1.77. The van der Waals surface area contributed by atoms with Crippen LogP contribution in [0.2, 0.25) is 0 Å². The van der Waals surface area contributed by atoms with Crippen LogP contribution < -0.4 is 14.8 Å². The number of carbonyl (C=O) groups is 3. The molecule has 0 radical (unpaired) electrons. The normalized spacial score (nSPS) is 25.3. The van der Waals surface area contributed by atoms with E-state index in [9.17, 15) is 14.4 Å². The smallest absolute Gasteiger partial charge is 0.325 e. The Morgan fingerprint density at radius 3 is 2.54 bits per heavy atom. The molecule has 7 nitrogen and oxygen atoms in total. The van der Waals surface area contributed by atoms with Gasteiger partial charge in [0.05, 0.1) is 26.3 Å². The predicted molar refractivity (Wildman–Crippen MR) is 94.5 cm³/mol. The average molecular weight is 360 g/mol. The summed E-state index contributed by atoms with van der Waals surface area (Å²) >= 11 is 0. The molecule has 1 spiro atoms. The average Bonchev–Trinajstić information content (AvgIpc) is 2.87. The van der Waals surface area contributed by atoms with E-state index in [1.54, 1.807) is 18.2 Å². The Bertz CT molecular complexity index is 737. The molecule has 2 fully saturated rings. The number of nitrogens with one attached hydrogen (secondary N) is 1. The molecule has 140 valence electrons. The molecule has 0 bridgehead atoms. The third kappa shape index (κ3) is 3.13. The van der Waals surface area contributed by atoms with Crippen molar-refractivity contribution in [1.29, 1.82) is 0 Å². The van der Waals surface area contributed by atoms with Crippen molar-refractivity contribution in [3.63, 3.8) is 0 Å². The van der Waals surface area contributed by atoms with Crippen molar-refractivity contribution in [2.75, 3.05) is 20.8 Å². The highest BCUT2D eigenvalue weighted by Crippen LogP contribution is 2.36. The van der Waals surface area contributed by atoms with E-state index in [0.29, 0.717) is 35.8 Å². The van der Waals surface area contributed by atoms with Gasteiger partial charge >= 0.3 is 6.03 Å². The summed E-state index contributed by atoms with van der Waals surface area (Å²) in [4.78, 5) is 38.9. The third-order valence-electron chi connectivity index (χ3n) is 5.38. The number of hydrogen-bond acceptors (Lipinski definition) is 5. The van der Waals surface area contributed by atoms with Crippen molar-refractivity contribution >= 4 is 17.7 Å². The van der Waals surface area contributed by atoms with Crippen molar-refractivity contribution in [3.8, 4) is 11.5 Å². The number of benzene rings is 1. The van der Waals surface area contributed by atoms with Crippen LogP contribution in [-0.4, -0.2) is 48.9 Å². The molecule has 7 heteroatoms. The van der Waals surface area contributed by atoms with Gasteiger partial charge in [-0.3, -0.25) is 14.5 Å². The summed E-state index contributed by atoms with van der Waals surface area (Å²) in [6.07, 6.45) is 3.02. The molecule has 0 aromatic heterocycles. The number of nitrogens with zero attached hydrogens (tertiary/aromatic N) is 1. The maximum Gasteiger partial charge on any atom is 0.325 e. The lowest BCUT2D eigenvalue weighted by Crippen LogP contribution is -2.49. The first-order chi connectivity index (χ1) is 12.4. The zero-order valence-corrected chi connectivity index (χ0v) is 15.3. The van der Waals surface area contributed by atoms with Crippen molar-refractivity contribution in [2.24, 2.45) is 5.92 Å². The summed E-state index contributed by atoms with van der Waals surface area (Å²) in [6, 6.07) is 4.33. The number of hydrogen-bond donors (Lipinski definition) is 1. The van der Waals surface area contributed by atoms with Gasteiger partial charge in [-0.1, -0.05) is 6.92 Å². The molecule has 1 saturated heterocycles. The number of Topliss-reactive ketones (excluding diaryl/α,β-unsaturated/α-hetero) is 1. The molecule has 1 aromatic carbocycles. The van der Waals surface area contributed by atoms with E-state index in [1.165, 1.54) is 14.2 Å². The fourth-order valence-electron chi connectivity index (χ4n) is 3.67. The third-order valence-corrected chi connectivity index (χ3v) is 5.38. The molecule has 2 aliphatic rings. The standard InChI is InChI=1S/C19H24N2O5/c1-12-6-8-19(9-7-12)17(23)21(18(24)20-19)11-15(22)14-5-4-13(25-2)10-16(14)26-3/h4-5,10,12H,6-9,11H2,1-3H3,(H,20,24). The van der Waals surface area contributed by atoms with Gasteiger partial charge in [-0.15, -0.1) is 0 Å². The lowest BCUT2D eigenvalue weighted by Gasteiger charge is -2.33. The number of rotatable bonds is 5. The van der Waals surface area contributed by atoms with Crippen LogP contribution >= 0.6 is 0 Å². The molecule has 0 atom stereocenters. The topological polar surface area (TPSA) is 84.9 Å². The molecular weight excluding hydrogens is 336 g/mol. The van der Waals surface area contributed by atoms with Crippen LogP contribution in [0.1, 0.15) is 43.0 Å². The van der Waals surface area contributed by atoms with E-state index < -0.39 is 11.6 Å². The molecule has 1 saturated carbocycles. The van der Waals surface area contributed by atoms with Crippen LogP contribution in [0.25, 0.3) is 0 Å².